The van der Waals surface area contributed by atoms with Gasteiger partial charge in [0.25, 0.3) is 5.56 Å². The molecule has 6 heteroatoms. The molecule has 12 heavy (non-hydrogen) atoms. The summed E-state index contributed by atoms with van der Waals surface area (Å²) < 4.78 is 4.98. The van der Waals surface area contributed by atoms with E-state index in [9.17, 15) is 4.79 Å². The molecular weight excluding hydrogens is 182 g/mol. The molecule has 1 aromatic rings. The van der Waals surface area contributed by atoms with Crippen LogP contribution in [0.4, 0.5) is 0 Å². The first-order valence-corrected chi connectivity index (χ1v) is 3.69. The third-order valence-electron chi connectivity index (χ3n) is 1.12. The van der Waals surface area contributed by atoms with Gasteiger partial charge in [0.15, 0.2) is 5.02 Å². The van der Waals surface area contributed by atoms with Gasteiger partial charge in [0.1, 0.15) is 6.61 Å². The maximum atomic E-state index is 10.9. The van der Waals surface area contributed by atoms with Crippen LogP contribution < -0.4 is 16.0 Å². The summed E-state index contributed by atoms with van der Waals surface area (Å²) in [5.74, 6) is 0.117. The summed E-state index contributed by atoms with van der Waals surface area (Å²) in [6.07, 6.45) is 1.22. The molecule has 0 aliphatic rings. The number of H-pyrrole nitrogens is 1. The molecule has 0 saturated heterocycles. The monoisotopic (exact) mass is 189 g/mol. The third-order valence-corrected chi connectivity index (χ3v) is 1.45. The van der Waals surface area contributed by atoms with Crippen LogP contribution in [0.5, 0.6) is 5.88 Å². The van der Waals surface area contributed by atoms with Crippen molar-refractivity contribution < 1.29 is 4.74 Å². The molecule has 3 N–H and O–H groups in total. The second-order valence-corrected chi connectivity index (χ2v) is 2.37. The van der Waals surface area contributed by atoms with E-state index in [2.05, 4.69) is 9.97 Å². The highest BCUT2D eigenvalue weighted by Gasteiger charge is 2.05. The molecular formula is C6H8ClN3O2. The van der Waals surface area contributed by atoms with Gasteiger partial charge in [-0.15, -0.1) is 0 Å². The summed E-state index contributed by atoms with van der Waals surface area (Å²) in [4.78, 5) is 16.9. The molecule has 1 aromatic heterocycles. The molecule has 0 aromatic carbocycles. The van der Waals surface area contributed by atoms with E-state index in [1.165, 1.54) is 6.33 Å². The van der Waals surface area contributed by atoms with Gasteiger partial charge in [-0.25, -0.2) is 4.98 Å². The van der Waals surface area contributed by atoms with Crippen LogP contribution >= 0.6 is 11.6 Å². The molecule has 66 valence electrons. The highest BCUT2D eigenvalue weighted by atomic mass is 35.5. The van der Waals surface area contributed by atoms with E-state index in [1.807, 2.05) is 0 Å². The normalized spacial score (nSPS) is 9.83. The largest absolute Gasteiger partial charge is 0.475 e. The van der Waals surface area contributed by atoms with E-state index in [0.29, 0.717) is 6.54 Å². The van der Waals surface area contributed by atoms with E-state index >= 15 is 0 Å². The highest BCUT2D eigenvalue weighted by Crippen LogP contribution is 2.14. The number of nitrogens with two attached hydrogens (primary N) is 1. The van der Waals surface area contributed by atoms with E-state index in [-0.39, 0.29) is 17.5 Å². The molecule has 1 heterocycles. The molecule has 0 spiro atoms. The number of aromatic nitrogens is 2. The summed E-state index contributed by atoms with van der Waals surface area (Å²) in [5.41, 5.74) is 4.76. The van der Waals surface area contributed by atoms with Gasteiger partial charge in [0.05, 0.1) is 6.33 Å². The fourth-order valence-corrected chi connectivity index (χ4v) is 0.781. The Balaban J connectivity index is 2.85. The van der Waals surface area contributed by atoms with Crippen LogP contribution in [0.3, 0.4) is 0 Å². The second-order valence-electron chi connectivity index (χ2n) is 1.99. The fraction of sp³-hybridized carbons (Fsp3) is 0.333. The predicted molar refractivity (Wildman–Crippen MR) is 44.4 cm³/mol. The van der Waals surface area contributed by atoms with Gasteiger partial charge < -0.3 is 15.5 Å². The molecule has 0 aliphatic carbocycles. The lowest BCUT2D eigenvalue weighted by Gasteiger charge is -2.02. The van der Waals surface area contributed by atoms with Crippen molar-refractivity contribution in [2.75, 3.05) is 13.2 Å². The molecule has 0 radical (unpaired) electrons. The SMILES string of the molecule is NCCOc1nc[nH]c(=O)c1Cl. The lowest BCUT2D eigenvalue weighted by Crippen LogP contribution is -2.14. The maximum absolute atomic E-state index is 10.9. The van der Waals surface area contributed by atoms with Gasteiger partial charge in [-0.3, -0.25) is 4.79 Å². The Bertz CT molecular complexity index is 312. The van der Waals surface area contributed by atoms with Gasteiger partial charge >= 0.3 is 0 Å². The first-order chi connectivity index (χ1) is 5.75. The Morgan fingerprint density at radius 3 is 3.17 bits per heavy atom. The standard InChI is InChI=1S/C6H8ClN3O2/c7-4-5(11)9-3-10-6(4)12-2-1-8/h3H,1-2,8H2,(H,9,10,11). The zero-order valence-corrected chi connectivity index (χ0v) is 6.97. The molecule has 0 atom stereocenters. The van der Waals surface area contributed by atoms with Crippen LogP contribution in [0, 0.1) is 0 Å². The Morgan fingerprint density at radius 1 is 1.75 bits per heavy atom. The van der Waals surface area contributed by atoms with Crippen molar-refractivity contribution >= 4 is 11.6 Å². The number of nitrogens with one attached hydrogen (secondary N) is 1. The number of hydrogen-bond acceptors (Lipinski definition) is 4. The molecule has 0 unspecified atom stereocenters. The first kappa shape index (κ1) is 9.02. The maximum Gasteiger partial charge on any atom is 0.273 e. The van der Waals surface area contributed by atoms with Crippen LogP contribution in [0.25, 0.3) is 0 Å². The van der Waals surface area contributed by atoms with Crippen LogP contribution in [0.1, 0.15) is 0 Å². The lowest BCUT2D eigenvalue weighted by atomic mass is 10.6. The number of nitrogens with zero attached hydrogens (tertiary/aromatic N) is 1. The Kier molecular flexibility index (Phi) is 3.07. The van der Waals surface area contributed by atoms with E-state index in [1.54, 1.807) is 0 Å². The zero-order chi connectivity index (χ0) is 8.97. The minimum absolute atomic E-state index is 0.0500. The van der Waals surface area contributed by atoms with Gasteiger partial charge in [-0.05, 0) is 0 Å². The van der Waals surface area contributed by atoms with Crippen molar-refractivity contribution in [2.24, 2.45) is 5.73 Å². The van der Waals surface area contributed by atoms with Crippen LogP contribution in [-0.2, 0) is 0 Å². The first-order valence-electron chi connectivity index (χ1n) is 3.31. The lowest BCUT2D eigenvalue weighted by molar-refractivity contribution is 0.314. The minimum Gasteiger partial charge on any atom is -0.475 e. The Morgan fingerprint density at radius 2 is 2.50 bits per heavy atom. The number of hydrogen-bond donors (Lipinski definition) is 2. The van der Waals surface area contributed by atoms with Crippen molar-refractivity contribution in [2.45, 2.75) is 0 Å². The van der Waals surface area contributed by atoms with Gasteiger partial charge in [-0.1, -0.05) is 11.6 Å². The smallest absolute Gasteiger partial charge is 0.273 e. The molecule has 0 fully saturated rings. The number of rotatable bonds is 3. The molecule has 1 rings (SSSR count). The molecule has 0 amide bonds. The average Bonchev–Trinajstić information content (AvgIpc) is 2.08. The second kappa shape index (κ2) is 4.08. The van der Waals surface area contributed by atoms with Crippen molar-refractivity contribution in [3.63, 3.8) is 0 Å². The summed E-state index contributed by atoms with van der Waals surface area (Å²) >= 11 is 5.56. The van der Waals surface area contributed by atoms with Crippen molar-refractivity contribution in [1.29, 1.82) is 0 Å². The van der Waals surface area contributed by atoms with Crippen molar-refractivity contribution in [1.82, 2.24) is 9.97 Å². The van der Waals surface area contributed by atoms with Gasteiger partial charge in [0, 0.05) is 6.54 Å². The fourth-order valence-electron chi connectivity index (χ4n) is 0.623. The number of aromatic amines is 1. The molecule has 5 nitrogen and oxygen atoms in total. The van der Waals surface area contributed by atoms with Crippen LogP contribution in [0.15, 0.2) is 11.1 Å². The molecule has 0 saturated carbocycles. The summed E-state index contributed by atoms with van der Waals surface area (Å²) in [5, 5.41) is -0.0500. The van der Waals surface area contributed by atoms with Crippen LogP contribution in [-0.4, -0.2) is 23.1 Å². The summed E-state index contributed by atoms with van der Waals surface area (Å²) in [7, 11) is 0. The van der Waals surface area contributed by atoms with Crippen molar-refractivity contribution in [3.05, 3.63) is 21.7 Å². The third kappa shape index (κ3) is 1.96. The quantitative estimate of drug-likeness (QED) is 0.688. The Labute approximate surface area is 73.5 Å². The summed E-state index contributed by atoms with van der Waals surface area (Å²) in [6, 6.07) is 0. The topological polar surface area (TPSA) is 81.0 Å². The molecule has 0 bridgehead atoms. The van der Waals surface area contributed by atoms with Gasteiger partial charge in [-0.2, -0.15) is 0 Å². The van der Waals surface area contributed by atoms with E-state index < -0.39 is 5.56 Å². The minimum atomic E-state index is -0.418. The Hall–Kier alpha value is -1.07. The van der Waals surface area contributed by atoms with Crippen LogP contribution in [0.2, 0.25) is 5.02 Å². The highest BCUT2D eigenvalue weighted by molar-refractivity contribution is 6.31. The number of halogens is 1. The average molecular weight is 190 g/mol. The summed E-state index contributed by atoms with van der Waals surface area (Å²) in [6.45, 7) is 0.640. The zero-order valence-electron chi connectivity index (χ0n) is 6.21. The molecule has 0 aliphatic heterocycles. The van der Waals surface area contributed by atoms with E-state index in [4.69, 9.17) is 22.1 Å². The van der Waals surface area contributed by atoms with Gasteiger partial charge in [0.2, 0.25) is 5.88 Å². The number of ether oxygens (including phenoxy) is 1. The predicted octanol–water partition coefficient (Wildman–Crippen LogP) is -0.239. The van der Waals surface area contributed by atoms with Crippen molar-refractivity contribution in [3.8, 4) is 5.88 Å². The van der Waals surface area contributed by atoms with E-state index in [0.717, 1.165) is 0 Å².